The number of benzene rings is 2. The van der Waals surface area contributed by atoms with Crippen LogP contribution in [0.3, 0.4) is 0 Å². The van der Waals surface area contributed by atoms with Gasteiger partial charge in [-0.1, -0.05) is 35.0 Å². The summed E-state index contributed by atoms with van der Waals surface area (Å²) in [5, 5.41) is 8.96. The Morgan fingerprint density at radius 1 is 0.926 bits per heavy atom. The highest BCUT2D eigenvalue weighted by atomic mass is 35.5. The Bertz CT molecular complexity index is 931. The van der Waals surface area contributed by atoms with Gasteiger partial charge in [-0.3, -0.25) is 4.79 Å². The highest BCUT2D eigenvalue weighted by molar-refractivity contribution is 6.30. The van der Waals surface area contributed by atoms with Crippen LogP contribution in [0.5, 0.6) is 0 Å². The zero-order valence-corrected chi connectivity index (χ0v) is 15.8. The van der Waals surface area contributed by atoms with E-state index < -0.39 is 0 Å². The molecule has 0 bridgehead atoms. The quantitative estimate of drug-likeness (QED) is 0.699. The van der Waals surface area contributed by atoms with Crippen LogP contribution in [0.25, 0.3) is 5.69 Å². The molecule has 1 amide bonds. The maximum Gasteiger partial charge on any atom is 0.276 e. The molecule has 6 nitrogen and oxygen atoms in total. The van der Waals surface area contributed by atoms with Crippen molar-refractivity contribution in [2.75, 3.05) is 31.1 Å². The van der Waals surface area contributed by atoms with Gasteiger partial charge < -0.3 is 9.80 Å². The van der Waals surface area contributed by atoms with Gasteiger partial charge >= 0.3 is 0 Å². The van der Waals surface area contributed by atoms with Crippen molar-refractivity contribution < 1.29 is 4.79 Å². The predicted molar refractivity (Wildman–Crippen MR) is 106 cm³/mol. The number of rotatable bonds is 3. The van der Waals surface area contributed by atoms with Gasteiger partial charge in [0.2, 0.25) is 0 Å². The second kappa shape index (κ2) is 7.40. The van der Waals surface area contributed by atoms with Crippen molar-refractivity contribution in [3.8, 4) is 5.69 Å². The minimum absolute atomic E-state index is 0.0691. The molecule has 0 atom stereocenters. The van der Waals surface area contributed by atoms with Crippen molar-refractivity contribution in [1.29, 1.82) is 0 Å². The Morgan fingerprint density at radius 2 is 1.59 bits per heavy atom. The van der Waals surface area contributed by atoms with E-state index in [-0.39, 0.29) is 5.91 Å². The highest BCUT2D eigenvalue weighted by Crippen LogP contribution is 2.19. The lowest BCUT2D eigenvalue weighted by Gasteiger charge is -2.35. The van der Waals surface area contributed by atoms with E-state index in [9.17, 15) is 4.79 Å². The summed E-state index contributed by atoms with van der Waals surface area (Å²) in [5.41, 5.74) is 3.15. The van der Waals surface area contributed by atoms with Crippen LogP contribution in [0.15, 0.2) is 54.6 Å². The molecule has 7 heteroatoms. The molecule has 2 aromatic carbocycles. The number of piperazine rings is 1. The van der Waals surface area contributed by atoms with Crippen molar-refractivity contribution >= 4 is 23.2 Å². The Balaban J connectivity index is 1.47. The van der Waals surface area contributed by atoms with Crippen LogP contribution in [-0.2, 0) is 0 Å². The fourth-order valence-electron chi connectivity index (χ4n) is 3.31. The monoisotopic (exact) mass is 381 g/mol. The summed E-state index contributed by atoms with van der Waals surface area (Å²) in [6, 6.07) is 17.6. The highest BCUT2D eigenvalue weighted by Gasteiger charge is 2.26. The number of carbonyl (C=O) groups is 1. The first-order chi connectivity index (χ1) is 13.1. The van der Waals surface area contributed by atoms with Crippen molar-refractivity contribution in [2.45, 2.75) is 6.92 Å². The second-order valence-electron chi connectivity index (χ2n) is 6.53. The smallest absolute Gasteiger partial charge is 0.276 e. The maximum absolute atomic E-state index is 12.9. The molecular weight excluding hydrogens is 362 g/mol. The lowest BCUT2D eigenvalue weighted by atomic mass is 10.2. The van der Waals surface area contributed by atoms with Crippen molar-refractivity contribution in [3.63, 3.8) is 0 Å². The molecule has 0 unspecified atom stereocenters. The molecule has 1 fully saturated rings. The Hall–Kier alpha value is -2.86. The lowest BCUT2D eigenvalue weighted by Crippen LogP contribution is -2.49. The van der Waals surface area contributed by atoms with Gasteiger partial charge in [0.15, 0.2) is 5.69 Å². The fourth-order valence-corrected chi connectivity index (χ4v) is 3.44. The van der Waals surface area contributed by atoms with Gasteiger partial charge in [0, 0.05) is 36.9 Å². The van der Waals surface area contributed by atoms with Gasteiger partial charge in [-0.05, 0) is 43.3 Å². The summed E-state index contributed by atoms with van der Waals surface area (Å²) < 4.78 is 1.67. The minimum Gasteiger partial charge on any atom is -0.368 e. The molecule has 138 valence electrons. The Kier molecular flexibility index (Phi) is 4.81. The average molecular weight is 382 g/mol. The number of carbonyl (C=O) groups excluding carboxylic acids is 1. The number of hydrogen-bond donors (Lipinski definition) is 0. The molecule has 0 N–H and O–H groups in total. The summed E-state index contributed by atoms with van der Waals surface area (Å²) in [6.07, 6.45) is 0. The second-order valence-corrected chi connectivity index (χ2v) is 6.96. The number of halogens is 1. The topological polar surface area (TPSA) is 54.3 Å². The van der Waals surface area contributed by atoms with Gasteiger partial charge in [-0.25, -0.2) is 4.68 Å². The van der Waals surface area contributed by atoms with Crippen molar-refractivity contribution in [1.82, 2.24) is 19.9 Å². The molecule has 1 aliphatic rings. The van der Waals surface area contributed by atoms with E-state index >= 15 is 0 Å². The maximum atomic E-state index is 12.9. The Labute approximate surface area is 163 Å². The summed E-state index contributed by atoms with van der Waals surface area (Å²) >= 11 is 5.94. The lowest BCUT2D eigenvalue weighted by molar-refractivity contribution is 0.0740. The molecule has 0 aliphatic carbocycles. The van der Waals surface area contributed by atoms with Crippen LogP contribution < -0.4 is 4.90 Å². The van der Waals surface area contributed by atoms with Crippen LogP contribution in [0.4, 0.5) is 5.69 Å². The first kappa shape index (κ1) is 17.5. The molecule has 2 heterocycles. The van der Waals surface area contributed by atoms with E-state index in [4.69, 9.17) is 11.6 Å². The third kappa shape index (κ3) is 3.53. The van der Waals surface area contributed by atoms with Crippen molar-refractivity contribution in [2.24, 2.45) is 0 Å². The summed E-state index contributed by atoms with van der Waals surface area (Å²) in [5.74, 6) is -0.0691. The number of hydrogen-bond acceptors (Lipinski definition) is 4. The summed E-state index contributed by atoms with van der Waals surface area (Å²) in [7, 11) is 0. The van der Waals surface area contributed by atoms with Crippen LogP contribution in [-0.4, -0.2) is 52.0 Å². The number of anilines is 1. The van der Waals surface area contributed by atoms with E-state index in [0.29, 0.717) is 23.8 Å². The first-order valence-corrected chi connectivity index (χ1v) is 9.29. The van der Waals surface area contributed by atoms with Crippen LogP contribution in [0.2, 0.25) is 5.02 Å². The zero-order chi connectivity index (χ0) is 18.8. The number of aromatic nitrogens is 3. The van der Waals surface area contributed by atoms with E-state index in [1.165, 1.54) is 5.69 Å². The molecule has 27 heavy (non-hydrogen) atoms. The molecule has 3 aromatic rings. The van der Waals surface area contributed by atoms with E-state index in [2.05, 4.69) is 27.3 Å². The van der Waals surface area contributed by atoms with Crippen molar-refractivity contribution in [3.05, 3.63) is 71.0 Å². The molecule has 0 saturated carbocycles. The molecule has 0 radical (unpaired) electrons. The van der Waals surface area contributed by atoms with Crippen LogP contribution >= 0.6 is 11.6 Å². The largest absolute Gasteiger partial charge is 0.368 e. The van der Waals surface area contributed by atoms with Gasteiger partial charge in [0.25, 0.3) is 5.91 Å². The molecule has 1 aliphatic heterocycles. The first-order valence-electron chi connectivity index (χ1n) is 8.91. The average Bonchev–Trinajstić information content (AvgIpc) is 3.10. The van der Waals surface area contributed by atoms with E-state index in [1.807, 2.05) is 42.2 Å². The van der Waals surface area contributed by atoms with E-state index in [0.717, 1.165) is 24.5 Å². The van der Waals surface area contributed by atoms with E-state index in [1.54, 1.807) is 16.8 Å². The van der Waals surface area contributed by atoms with Gasteiger partial charge in [0.05, 0.1) is 11.4 Å². The Morgan fingerprint density at radius 3 is 2.26 bits per heavy atom. The molecule has 1 aromatic heterocycles. The molecule has 0 spiro atoms. The number of para-hydroxylation sites is 1. The van der Waals surface area contributed by atoms with Gasteiger partial charge in [0.1, 0.15) is 0 Å². The summed E-state index contributed by atoms with van der Waals surface area (Å²) in [6.45, 7) is 4.81. The van der Waals surface area contributed by atoms with Crippen LogP contribution in [0, 0.1) is 6.92 Å². The number of amides is 1. The number of nitrogens with zero attached hydrogens (tertiary/aromatic N) is 5. The fraction of sp³-hybridized carbons (Fsp3) is 0.250. The normalized spacial score (nSPS) is 14.4. The third-order valence-corrected chi connectivity index (χ3v) is 5.11. The molecular formula is C20H20ClN5O. The molecule has 4 rings (SSSR count). The van der Waals surface area contributed by atoms with Gasteiger partial charge in [-0.15, -0.1) is 5.10 Å². The SMILES string of the molecule is Cc1c(C(=O)N2CCN(c3ccccc3)CC2)nnn1-c1ccc(Cl)cc1. The zero-order valence-electron chi connectivity index (χ0n) is 15.0. The van der Waals surface area contributed by atoms with Gasteiger partial charge in [-0.2, -0.15) is 0 Å². The predicted octanol–water partition coefficient (Wildman–Crippen LogP) is 3.19. The van der Waals surface area contributed by atoms with Crippen LogP contribution in [0.1, 0.15) is 16.2 Å². The standard InChI is InChI=1S/C20H20ClN5O/c1-15-19(22-23-26(15)18-9-7-16(21)8-10-18)20(27)25-13-11-24(12-14-25)17-5-3-2-4-6-17/h2-10H,11-14H2,1H3. The third-order valence-electron chi connectivity index (χ3n) is 4.86. The molecule has 1 saturated heterocycles. The summed E-state index contributed by atoms with van der Waals surface area (Å²) in [4.78, 5) is 17.1. The minimum atomic E-state index is -0.0691.